The largest absolute Gasteiger partial charge is 0.401 e. The topological polar surface area (TPSA) is 75.4 Å². The van der Waals surface area contributed by atoms with Crippen molar-refractivity contribution in [2.45, 2.75) is 12.6 Å². The van der Waals surface area contributed by atoms with Crippen LogP contribution in [-0.4, -0.2) is 49.1 Å². The molecule has 1 saturated heterocycles. The van der Waals surface area contributed by atoms with Gasteiger partial charge in [0.2, 0.25) is 11.8 Å². The molecule has 2 amide bonds. The molecule has 98 valence electrons. The zero-order valence-electron chi connectivity index (χ0n) is 9.09. The summed E-state index contributed by atoms with van der Waals surface area (Å²) in [6, 6.07) is 0. The van der Waals surface area contributed by atoms with Gasteiger partial charge in [0, 0.05) is 13.1 Å². The van der Waals surface area contributed by atoms with Crippen molar-refractivity contribution in [3.8, 4) is 0 Å². The normalized spacial score (nSPS) is 20.6. The van der Waals surface area contributed by atoms with Gasteiger partial charge in [-0.05, 0) is 6.42 Å². The Labute approximate surface area is 96.1 Å². The number of likely N-dealkylation sites (tertiary alicyclic amines) is 1. The quantitative estimate of drug-likeness (QED) is 0.707. The molecule has 1 fully saturated rings. The Balaban J connectivity index is 2.28. The Morgan fingerprint density at radius 2 is 2.06 bits per heavy atom. The Bertz CT molecular complexity index is 306. The number of nitrogens with zero attached hydrogens (tertiary/aromatic N) is 1. The van der Waals surface area contributed by atoms with E-state index in [1.165, 1.54) is 4.90 Å². The fourth-order valence-corrected chi connectivity index (χ4v) is 1.64. The van der Waals surface area contributed by atoms with Crippen LogP contribution in [0.2, 0.25) is 0 Å². The van der Waals surface area contributed by atoms with E-state index in [9.17, 15) is 22.8 Å². The van der Waals surface area contributed by atoms with E-state index in [-0.39, 0.29) is 19.0 Å². The molecule has 17 heavy (non-hydrogen) atoms. The lowest BCUT2D eigenvalue weighted by molar-refractivity contribution is -0.133. The molecule has 1 aliphatic heterocycles. The third-order valence-corrected chi connectivity index (χ3v) is 2.54. The third-order valence-electron chi connectivity index (χ3n) is 2.54. The first kappa shape index (κ1) is 13.8. The van der Waals surface area contributed by atoms with Crippen LogP contribution in [0.1, 0.15) is 6.42 Å². The van der Waals surface area contributed by atoms with Crippen LogP contribution in [-0.2, 0) is 9.59 Å². The maximum Gasteiger partial charge on any atom is 0.401 e. The summed E-state index contributed by atoms with van der Waals surface area (Å²) in [4.78, 5) is 23.6. The lowest BCUT2D eigenvalue weighted by Crippen LogP contribution is -2.40. The van der Waals surface area contributed by atoms with Crippen molar-refractivity contribution in [3.63, 3.8) is 0 Å². The van der Waals surface area contributed by atoms with Crippen LogP contribution < -0.4 is 11.1 Å². The number of carbonyl (C=O) groups is 2. The molecule has 0 saturated carbocycles. The molecular formula is C9H14F3N3O2. The summed E-state index contributed by atoms with van der Waals surface area (Å²) >= 11 is 0. The number of nitrogens with two attached hydrogens (primary N) is 1. The van der Waals surface area contributed by atoms with Crippen LogP contribution in [0.15, 0.2) is 0 Å². The highest BCUT2D eigenvalue weighted by Crippen LogP contribution is 2.15. The second-order valence-electron chi connectivity index (χ2n) is 3.95. The minimum absolute atomic E-state index is 0.196. The minimum Gasteiger partial charge on any atom is -0.369 e. The number of halogens is 3. The Kier molecular flexibility index (Phi) is 4.33. The van der Waals surface area contributed by atoms with Gasteiger partial charge in [-0.1, -0.05) is 0 Å². The molecule has 0 spiro atoms. The average molecular weight is 253 g/mol. The number of nitrogens with one attached hydrogen (secondary N) is 1. The highest BCUT2D eigenvalue weighted by Gasteiger charge is 2.30. The number of alkyl halides is 3. The zero-order valence-corrected chi connectivity index (χ0v) is 9.09. The van der Waals surface area contributed by atoms with Crippen molar-refractivity contribution in [1.82, 2.24) is 10.2 Å². The van der Waals surface area contributed by atoms with Gasteiger partial charge >= 0.3 is 6.18 Å². The molecule has 1 unspecified atom stereocenters. The lowest BCUT2D eigenvalue weighted by Gasteiger charge is -2.16. The average Bonchev–Trinajstić information content (AvgIpc) is 2.63. The highest BCUT2D eigenvalue weighted by molar-refractivity contribution is 5.82. The van der Waals surface area contributed by atoms with E-state index in [1.807, 2.05) is 5.32 Å². The number of primary amides is 1. The first-order valence-corrected chi connectivity index (χ1v) is 5.14. The van der Waals surface area contributed by atoms with E-state index >= 15 is 0 Å². The summed E-state index contributed by atoms with van der Waals surface area (Å²) in [7, 11) is 0. The summed E-state index contributed by atoms with van der Waals surface area (Å²) in [5.74, 6) is -1.32. The predicted octanol–water partition coefficient (Wildman–Crippen LogP) is -0.528. The minimum atomic E-state index is -4.33. The molecule has 1 atom stereocenters. The van der Waals surface area contributed by atoms with Gasteiger partial charge in [0.15, 0.2) is 0 Å². The first-order chi connectivity index (χ1) is 7.79. The molecule has 1 rings (SSSR count). The third kappa shape index (κ3) is 4.59. The van der Waals surface area contributed by atoms with Gasteiger partial charge in [-0.3, -0.25) is 9.59 Å². The Morgan fingerprint density at radius 3 is 2.53 bits per heavy atom. The standard InChI is InChI=1S/C9H14F3N3O2/c10-9(11,12)5-14-3-7(16)15-2-1-6(4-15)8(13)17/h6,14H,1-5H2,(H2,13,17). The van der Waals surface area contributed by atoms with Gasteiger partial charge in [-0.25, -0.2) is 0 Å². The number of hydrogen-bond acceptors (Lipinski definition) is 3. The van der Waals surface area contributed by atoms with Crippen molar-refractivity contribution in [3.05, 3.63) is 0 Å². The zero-order chi connectivity index (χ0) is 13.1. The molecule has 8 heteroatoms. The van der Waals surface area contributed by atoms with Gasteiger partial charge in [0.25, 0.3) is 0 Å². The van der Waals surface area contributed by atoms with E-state index in [1.54, 1.807) is 0 Å². The number of amides is 2. The molecule has 0 aromatic carbocycles. The van der Waals surface area contributed by atoms with Crippen molar-refractivity contribution >= 4 is 11.8 Å². The molecule has 0 bridgehead atoms. The summed E-state index contributed by atoms with van der Waals surface area (Å²) in [5, 5.41) is 2.01. The van der Waals surface area contributed by atoms with E-state index in [0.29, 0.717) is 13.0 Å². The van der Waals surface area contributed by atoms with Crippen molar-refractivity contribution in [2.75, 3.05) is 26.2 Å². The van der Waals surface area contributed by atoms with Crippen LogP contribution in [0, 0.1) is 5.92 Å². The van der Waals surface area contributed by atoms with E-state index in [0.717, 1.165) is 0 Å². The van der Waals surface area contributed by atoms with Gasteiger partial charge in [-0.2, -0.15) is 13.2 Å². The van der Waals surface area contributed by atoms with E-state index in [4.69, 9.17) is 5.73 Å². The lowest BCUT2D eigenvalue weighted by atomic mass is 10.1. The van der Waals surface area contributed by atoms with Crippen LogP contribution in [0.4, 0.5) is 13.2 Å². The summed E-state index contributed by atoms with van der Waals surface area (Å²) < 4.78 is 35.4. The van der Waals surface area contributed by atoms with Crippen molar-refractivity contribution < 1.29 is 22.8 Å². The second kappa shape index (κ2) is 5.35. The molecule has 1 heterocycles. The molecule has 0 aromatic rings. The molecule has 0 radical (unpaired) electrons. The van der Waals surface area contributed by atoms with E-state index in [2.05, 4.69) is 0 Å². The van der Waals surface area contributed by atoms with Crippen molar-refractivity contribution in [1.29, 1.82) is 0 Å². The molecule has 5 nitrogen and oxygen atoms in total. The monoisotopic (exact) mass is 253 g/mol. The maximum absolute atomic E-state index is 11.8. The van der Waals surface area contributed by atoms with Crippen LogP contribution in [0.5, 0.6) is 0 Å². The molecule has 0 aliphatic carbocycles. The van der Waals surface area contributed by atoms with Crippen molar-refractivity contribution in [2.24, 2.45) is 11.7 Å². The summed E-state index contributed by atoms with van der Waals surface area (Å²) in [5.41, 5.74) is 5.08. The van der Waals surface area contributed by atoms with E-state index < -0.39 is 24.5 Å². The van der Waals surface area contributed by atoms with Gasteiger partial charge in [-0.15, -0.1) is 0 Å². The molecule has 1 aliphatic rings. The van der Waals surface area contributed by atoms with Gasteiger partial charge in [0.1, 0.15) is 0 Å². The molecular weight excluding hydrogens is 239 g/mol. The Morgan fingerprint density at radius 1 is 1.41 bits per heavy atom. The molecule has 0 aromatic heterocycles. The van der Waals surface area contributed by atoms with Crippen LogP contribution in [0.3, 0.4) is 0 Å². The highest BCUT2D eigenvalue weighted by atomic mass is 19.4. The van der Waals surface area contributed by atoms with Crippen LogP contribution >= 0.6 is 0 Å². The fourth-order valence-electron chi connectivity index (χ4n) is 1.64. The smallest absolute Gasteiger partial charge is 0.369 e. The molecule has 3 N–H and O–H groups in total. The number of rotatable bonds is 4. The maximum atomic E-state index is 11.8. The number of carbonyl (C=O) groups excluding carboxylic acids is 2. The predicted molar refractivity (Wildman–Crippen MR) is 52.8 cm³/mol. The summed E-state index contributed by atoms with van der Waals surface area (Å²) in [6.45, 7) is -1.03. The first-order valence-electron chi connectivity index (χ1n) is 5.14. The SMILES string of the molecule is NC(=O)C1CCN(C(=O)CNCC(F)(F)F)C1. The second-order valence-corrected chi connectivity index (χ2v) is 3.95. The van der Waals surface area contributed by atoms with Crippen LogP contribution in [0.25, 0.3) is 0 Å². The van der Waals surface area contributed by atoms with Gasteiger partial charge in [0.05, 0.1) is 19.0 Å². The summed E-state index contributed by atoms with van der Waals surface area (Å²) in [6.07, 6.45) is -3.86. The van der Waals surface area contributed by atoms with Gasteiger partial charge < -0.3 is 16.0 Å². The number of hydrogen-bond donors (Lipinski definition) is 2. The Hall–Kier alpha value is -1.31. The fraction of sp³-hybridized carbons (Fsp3) is 0.778.